The molecule has 0 saturated heterocycles. The number of benzene rings is 8. The third kappa shape index (κ3) is 3.94. The first kappa shape index (κ1) is 26.9. The van der Waals surface area contributed by atoms with Crippen LogP contribution < -0.4 is 0 Å². The van der Waals surface area contributed by atoms with Crippen LogP contribution >= 0.6 is 11.3 Å². The summed E-state index contributed by atoms with van der Waals surface area (Å²) in [4.78, 5) is 0. The van der Waals surface area contributed by atoms with Gasteiger partial charge < -0.3 is 8.83 Å². The van der Waals surface area contributed by atoms with Gasteiger partial charge in [0.05, 0.1) is 0 Å². The minimum Gasteiger partial charge on any atom is -0.456 e. The Bertz CT molecular complexity index is 3050. The first-order chi connectivity index (χ1) is 24.3. The van der Waals surface area contributed by atoms with Crippen LogP contribution in [0.2, 0.25) is 0 Å². The summed E-state index contributed by atoms with van der Waals surface area (Å²) in [6.45, 7) is 0. The summed E-state index contributed by atoms with van der Waals surface area (Å²) in [6.07, 6.45) is 0. The highest BCUT2D eigenvalue weighted by Gasteiger charge is 2.20. The Balaban J connectivity index is 1.14. The van der Waals surface area contributed by atoms with E-state index in [0.29, 0.717) is 0 Å². The van der Waals surface area contributed by atoms with Crippen molar-refractivity contribution < 1.29 is 8.83 Å². The fraction of sp³-hybridized carbons (Fsp3) is 0. The van der Waals surface area contributed by atoms with Gasteiger partial charge in [0, 0.05) is 47.5 Å². The van der Waals surface area contributed by atoms with Crippen molar-refractivity contribution >= 4 is 86.0 Å². The summed E-state index contributed by atoms with van der Waals surface area (Å²) in [5, 5.41) is 10.8. The molecule has 0 spiro atoms. The van der Waals surface area contributed by atoms with Gasteiger partial charge in [-0.2, -0.15) is 0 Å². The van der Waals surface area contributed by atoms with Crippen molar-refractivity contribution in [3.8, 4) is 33.6 Å². The number of fused-ring (bicyclic) bond motifs is 9. The summed E-state index contributed by atoms with van der Waals surface area (Å²) in [6, 6.07) is 56.5. The highest BCUT2D eigenvalue weighted by Crippen LogP contribution is 2.48. The van der Waals surface area contributed by atoms with Crippen LogP contribution in [0.4, 0.5) is 0 Å². The van der Waals surface area contributed by atoms with Gasteiger partial charge in [-0.3, -0.25) is 0 Å². The second-order valence-corrected chi connectivity index (χ2v) is 13.8. The van der Waals surface area contributed by atoms with E-state index in [1.807, 2.05) is 29.5 Å². The van der Waals surface area contributed by atoms with Crippen LogP contribution in [-0.4, -0.2) is 0 Å². The lowest BCUT2D eigenvalue weighted by Crippen LogP contribution is -1.91. The fourth-order valence-corrected chi connectivity index (χ4v) is 9.11. The van der Waals surface area contributed by atoms with E-state index in [2.05, 4.69) is 140 Å². The molecule has 49 heavy (non-hydrogen) atoms. The van der Waals surface area contributed by atoms with Gasteiger partial charge in [0.15, 0.2) is 0 Å². The molecule has 0 aliphatic carbocycles. The first-order valence-corrected chi connectivity index (χ1v) is 17.4. The topological polar surface area (TPSA) is 26.3 Å². The van der Waals surface area contributed by atoms with Crippen molar-refractivity contribution in [2.24, 2.45) is 0 Å². The number of rotatable bonds is 3. The molecule has 0 bridgehead atoms. The van der Waals surface area contributed by atoms with Crippen LogP contribution in [0.5, 0.6) is 0 Å². The number of furan rings is 2. The first-order valence-electron chi connectivity index (χ1n) is 16.6. The largest absolute Gasteiger partial charge is 0.456 e. The average Bonchev–Trinajstić information content (AvgIpc) is 3.85. The van der Waals surface area contributed by atoms with Gasteiger partial charge in [-0.25, -0.2) is 0 Å². The zero-order valence-corrected chi connectivity index (χ0v) is 27.1. The van der Waals surface area contributed by atoms with Gasteiger partial charge in [-0.1, -0.05) is 121 Å². The summed E-state index contributed by atoms with van der Waals surface area (Å²) in [5.41, 5.74) is 8.59. The quantitative estimate of drug-likeness (QED) is 0.179. The van der Waals surface area contributed by atoms with E-state index in [9.17, 15) is 0 Å². The molecule has 2 nitrogen and oxygen atoms in total. The molecule has 0 aliphatic heterocycles. The van der Waals surface area contributed by atoms with E-state index in [1.165, 1.54) is 58.4 Å². The molecular weight excluding hydrogens is 617 g/mol. The third-order valence-electron chi connectivity index (χ3n) is 10.1. The molecular formula is C46H26O2S. The number of hydrogen-bond donors (Lipinski definition) is 0. The van der Waals surface area contributed by atoms with E-state index in [0.717, 1.165) is 49.8 Å². The molecule has 3 heteroatoms. The SMILES string of the molecule is c1ccc(-c2cc3cc4oc5cc(-c6c7ccccc7c(-c7cccc8c7sc7ccccc78)c7ccccc67)ccc5c4cc3o2)cc1. The second-order valence-electron chi connectivity index (χ2n) is 12.8. The summed E-state index contributed by atoms with van der Waals surface area (Å²) < 4.78 is 15.6. The average molecular weight is 643 g/mol. The molecule has 8 aromatic carbocycles. The Labute approximate surface area is 285 Å². The second kappa shape index (κ2) is 10.2. The normalized spacial score (nSPS) is 12.1. The standard InChI is InChI=1S/C46H26O2S/c1-2-11-27(12-3-1)39-24-29-25-42-38(26-40(29)47-39)30-22-21-28(23-41(30)48-42)44-32-14-4-6-16-34(32)45(35-17-7-5-15-33(35)44)37-19-10-18-36-31-13-8-9-20-43(31)49-46(36)37/h1-26H. The molecule has 0 radical (unpaired) electrons. The van der Waals surface area contributed by atoms with Crippen LogP contribution in [0.25, 0.3) is 108 Å². The zero-order chi connectivity index (χ0) is 32.1. The van der Waals surface area contributed by atoms with Gasteiger partial charge in [-0.05, 0) is 74.6 Å². The molecule has 0 unspecified atom stereocenters. The van der Waals surface area contributed by atoms with Crippen molar-refractivity contribution in [3.05, 3.63) is 158 Å². The third-order valence-corrected chi connectivity index (χ3v) is 11.3. The lowest BCUT2D eigenvalue weighted by Gasteiger charge is -2.18. The smallest absolute Gasteiger partial charge is 0.136 e. The minimum atomic E-state index is 0.861. The van der Waals surface area contributed by atoms with E-state index in [4.69, 9.17) is 8.83 Å². The Morgan fingerprint density at radius 1 is 0.367 bits per heavy atom. The Hall–Kier alpha value is -6.16. The van der Waals surface area contributed by atoms with Gasteiger partial charge in [0.1, 0.15) is 22.5 Å². The van der Waals surface area contributed by atoms with Gasteiger partial charge in [0.2, 0.25) is 0 Å². The van der Waals surface area contributed by atoms with Crippen molar-refractivity contribution in [3.63, 3.8) is 0 Å². The molecule has 228 valence electrons. The maximum atomic E-state index is 6.59. The van der Waals surface area contributed by atoms with Crippen LogP contribution in [0.3, 0.4) is 0 Å². The molecule has 11 rings (SSSR count). The lowest BCUT2D eigenvalue weighted by atomic mass is 9.85. The van der Waals surface area contributed by atoms with Crippen LogP contribution in [0, 0.1) is 0 Å². The van der Waals surface area contributed by atoms with Gasteiger partial charge >= 0.3 is 0 Å². The van der Waals surface area contributed by atoms with Crippen LogP contribution in [-0.2, 0) is 0 Å². The van der Waals surface area contributed by atoms with E-state index >= 15 is 0 Å². The Morgan fingerprint density at radius 2 is 1.02 bits per heavy atom. The lowest BCUT2D eigenvalue weighted by molar-refractivity contribution is 0.631. The predicted octanol–water partition coefficient (Wildman–Crippen LogP) is 14.0. The van der Waals surface area contributed by atoms with Gasteiger partial charge in [-0.15, -0.1) is 11.3 Å². The molecule has 0 N–H and O–H groups in total. The summed E-state index contributed by atoms with van der Waals surface area (Å²) >= 11 is 1.89. The molecule has 0 saturated carbocycles. The monoisotopic (exact) mass is 642 g/mol. The van der Waals surface area contributed by atoms with E-state index in [-0.39, 0.29) is 0 Å². The van der Waals surface area contributed by atoms with Gasteiger partial charge in [0.25, 0.3) is 0 Å². The highest BCUT2D eigenvalue weighted by atomic mass is 32.1. The van der Waals surface area contributed by atoms with Crippen molar-refractivity contribution in [2.75, 3.05) is 0 Å². The summed E-state index contributed by atoms with van der Waals surface area (Å²) in [5.74, 6) is 0.862. The minimum absolute atomic E-state index is 0.861. The van der Waals surface area contributed by atoms with Crippen molar-refractivity contribution in [2.45, 2.75) is 0 Å². The number of hydrogen-bond acceptors (Lipinski definition) is 3. The Kier molecular flexibility index (Phi) is 5.57. The molecule has 0 amide bonds. The molecule has 11 aromatic rings. The number of thiophene rings is 1. The maximum absolute atomic E-state index is 6.59. The molecule has 0 atom stereocenters. The van der Waals surface area contributed by atoms with Crippen LogP contribution in [0.15, 0.2) is 167 Å². The molecule has 3 aromatic heterocycles. The van der Waals surface area contributed by atoms with E-state index in [1.54, 1.807) is 0 Å². The molecule has 0 fully saturated rings. The van der Waals surface area contributed by atoms with E-state index < -0.39 is 0 Å². The fourth-order valence-electron chi connectivity index (χ4n) is 7.88. The zero-order valence-electron chi connectivity index (χ0n) is 26.2. The predicted molar refractivity (Wildman–Crippen MR) is 208 cm³/mol. The highest BCUT2D eigenvalue weighted by molar-refractivity contribution is 7.26. The molecule has 0 aliphatic rings. The van der Waals surface area contributed by atoms with Crippen molar-refractivity contribution in [1.82, 2.24) is 0 Å². The Morgan fingerprint density at radius 3 is 1.80 bits per heavy atom. The summed E-state index contributed by atoms with van der Waals surface area (Å²) in [7, 11) is 0. The maximum Gasteiger partial charge on any atom is 0.136 e. The van der Waals surface area contributed by atoms with Crippen molar-refractivity contribution in [1.29, 1.82) is 0 Å². The van der Waals surface area contributed by atoms with Crippen LogP contribution in [0.1, 0.15) is 0 Å². The molecule has 3 heterocycles.